The molecule has 1 amide bonds. The zero-order valence-corrected chi connectivity index (χ0v) is 42.6. The van der Waals surface area contributed by atoms with Crippen molar-refractivity contribution in [3.63, 3.8) is 0 Å². The van der Waals surface area contributed by atoms with Gasteiger partial charge >= 0.3 is 19.8 Å². The van der Waals surface area contributed by atoms with E-state index in [1.165, 1.54) is 116 Å². The Morgan fingerprint density at radius 3 is 1.24 bits per heavy atom. The fourth-order valence-corrected chi connectivity index (χ4v) is 7.95. The van der Waals surface area contributed by atoms with Crippen LogP contribution in [-0.2, 0) is 32.7 Å². The van der Waals surface area contributed by atoms with Crippen molar-refractivity contribution in [2.45, 2.75) is 244 Å². The first-order valence-electron chi connectivity index (χ1n) is 26.3. The SMILES string of the molecule is CCCCC/C=C\C/C=C\C/C=C\CCCCCCCCCCCCC(=O)OCC(O)COP(=O)(O)OCC(NC(=O)CCCCCCCCCCC/C=C\C/C=C\CCCCC)C(=O)O. The molecule has 3 unspecified atom stereocenters. The van der Waals surface area contributed by atoms with Gasteiger partial charge in [-0.05, 0) is 83.5 Å². The minimum atomic E-state index is -4.77. The molecule has 0 aromatic rings. The van der Waals surface area contributed by atoms with Gasteiger partial charge in [0.1, 0.15) is 12.7 Å². The summed E-state index contributed by atoms with van der Waals surface area (Å²) in [5.41, 5.74) is 0. The van der Waals surface area contributed by atoms with E-state index in [9.17, 15) is 34.1 Å². The molecule has 0 aromatic carbocycles. The van der Waals surface area contributed by atoms with Gasteiger partial charge in [-0.15, -0.1) is 0 Å². The largest absolute Gasteiger partial charge is 0.480 e. The second-order valence-corrected chi connectivity index (χ2v) is 19.2. The van der Waals surface area contributed by atoms with Crippen molar-refractivity contribution in [3.05, 3.63) is 60.8 Å². The molecule has 0 spiro atoms. The van der Waals surface area contributed by atoms with E-state index >= 15 is 0 Å². The predicted molar refractivity (Wildman–Crippen MR) is 272 cm³/mol. The van der Waals surface area contributed by atoms with Crippen molar-refractivity contribution < 1.29 is 47.8 Å². The van der Waals surface area contributed by atoms with Crippen molar-refractivity contribution in [1.29, 1.82) is 0 Å². The molecule has 0 fully saturated rings. The van der Waals surface area contributed by atoms with E-state index in [4.69, 9.17) is 13.8 Å². The molecule has 11 nitrogen and oxygen atoms in total. The number of allylic oxidation sites excluding steroid dienone is 10. The summed E-state index contributed by atoms with van der Waals surface area (Å²) in [6.07, 6.45) is 58.0. The molecule has 382 valence electrons. The van der Waals surface area contributed by atoms with Gasteiger partial charge in [0.25, 0.3) is 0 Å². The van der Waals surface area contributed by atoms with Crippen molar-refractivity contribution in [1.82, 2.24) is 5.32 Å². The number of phosphoric ester groups is 1. The Morgan fingerprint density at radius 1 is 0.485 bits per heavy atom. The van der Waals surface area contributed by atoms with Gasteiger partial charge in [0.2, 0.25) is 5.91 Å². The third-order valence-electron chi connectivity index (χ3n) is 11.3. The average molecular weight is 950 g/mol. The molecule has 66 heavy (non-hydrogen) atoms. The quantitative estimate of drug-likeness (QED) is 0.0199. The first kappa shape index (κ1) is 63.2. The van der Waals surface area contributed by atoms with Gasteiger partial charge in [-0.2, -0.15) is 0 Å². The van der Waals surface area contributed by atoms with Gasteiger partial charge < -0.3 is 25.2 Å². The highest BCUT2D eigenvalue weighted by molar-refractivity contribution is 7.47. The number of unbranched alkanes of at least 4 members (excludes halogenated alkanes) is 25. The molecule has 3 atom stereocenters. The molecule has 4 N–H and O–H groups in total. The Bertz CT molecular complexity index is 1350. The summed E-state index contributed by atoms with van der Waals surface area (Å²) < 4.78 is 27.0. The number of hydrogen-bond donors (Lipinski definition) is 4. The number of carbonyl (C=O) groups excluding carboxylic acids is 2. The summed E-state index contributed by atoms with van der Waals surface area (Å²) in [4.78, 5) is 46.2. The van der Waals surface area contributed by atoms with E-state index in [1.54, 1.807) is 0 Å². The zero-order chi connectivity index (χ0) is 48.4. The maximum absolute atomic E-state index is 12.4. The minimum absolute atomic E-state index is 0.139. The summed E-state index contributed by atoms with van der Waals surface area (Å²) in [6.45, 7) is 2.56. The lowest BCUT2D eigenvalue weighted by atomic mass is 10.1. The Morgan fingerprint density at radius 2 is 0.833 bits per heavy atom. The van der Waals surface area contributed by atoms with Crippen LogP contribution in [0.25, 0.3) is 0 Å². The molecule has 0 aromatic heterocycles. The van der Waals surface area contributed by atoms with Crippen molar-refractivity contribution in [2.75, 3.05) is 19.8 Å². The molecule has 0 heterocycles. The number of aliphatic hydroxyl groups excluding tert-OH is 1. The summed E-state index contributed by atoms with van der Waals surface area (Å²) in [5.74, 6) is -2.38. The summed E-state index contributed by atoms with van der Waals surface area (Å²) in [6, 6.07) is -1.55. The highest BCUT2D eigenvalue weighted by atomic mass is 31.2. The standard InChI is InChI=1S/C54H96NO10P/c1-3-5-7-9-11-13-15-17-19-21-23-24-25-26-28-30-32-34-36-38-40-42-44-46-53(58)63-47-50(56)48-64-66(61,62)65-49-51(54(59)60)55-52(57)45-43-41-39-37-35-33-31-29-27-22-20-18-16-14-12-10-8-6-4-2/h11-14,17-20,23-24,50-51,56H,3-10,15-16,21-22,25-49H2,1-2H3,(H,55,57)(H,59,60)(H,61,62)/b13-11-,14-12-,19-17-,20-18-,24-23-. The molecule has 0 saturated heterocycles. The lowest BCUT2D eigenvalue weighted by molar-refractivity contribution is -0.147. The topological polar surface area (TPSA) is 169 Å². The van der Waals surface area contributed by atoms with E-state index in [0.717, 1.165) is 77.0 Å². The van der Waals surface area contributed by atoms with Gasteiger partial charge in [-0.1, -0.05) is 197 Å². The van der Waals surface area contributed by atoms with Crippen LogP contribution in [0, 0.1) is 0 Å². The first-order chi connectivity index (χ1) is 32.1. The highest BCUT2D eigenvalue weighted by Gasteiger charge is 2.28. The van der Waals surface area contributed by atoms with Gasteiger partial charge in [0.15, 0.2) is 6.04 Å². The Balaban J connectivity index is 3.82. The molecular formula is C54H96NO10P. The predicted octanol–water partition coefficient (Wildman–Crippen LogP) is 14.7. The molecule has 0 aliphatic carbocycles. The van der Waals surface area contributed by atoms with Crippen LogP contribution in [0.2, 0.25) is 0 Å². The second-order valence-electron chi connectivity index (χ2n) is 17.7. The smallest absolute Gasteiger partial charge is 0.472 e. The normalized spacial score (nSPS) is 14.0. The van der Waals surface area contributed by atoms with Crippen LogP contribution in [0.5, 0.6) is 0 Å². The van der Waals surface area contributed by atoms with E-state index in [0.29, 0.717) is 12.8 Å². The Kier molecular flexibility index (Phi) is 46.6. The van der Waals surface area contributed by atoms with E-state index in [1.807, 2.05) is 0 Å². The van der Waals surface area contributed by atoms with E-state index < -0.39 is 57.6 Å². The number of hydrogen-bond acceptors (Lipinski definition) is 8. The van der Waals surface area contributed by atoms with Crippen molar-refractivity contribution in [2.24, 2.45) is 0 Å². The number of aliphatic carboxylic acids is 1. The monoisotopic (exact) mass is 950 g/mol. The number of aliphatic hydroxyl groups is 1. The number of phosphoric acid groups is 1. The third kappa shape index (κ3) is 47.7. The fourth-order valence-electron chi connectivity index (χ4n) is 7.18. The first-order valence-corrected chi connectivity index (χ1v) is 27.8. The maximum atomic E-state index is 12.4. The number of rotatable bonds is 49. The Hall–Kier alpha value is -2.82. The number of nitrogens with one attached hydrogen (secondary N) is 1. The van der Waals surface area contributed by atoms with Crippen LogP contribution in [-0.4, -0.2) is 64.9 Å². The fraction of sp³-hybridized carbons (Fsp3) is 0.759. The zero-order valence-electron chi connectivity index (χ0n) is 41.7. The van der Waals surface area contributed by atoms with Crippen molar-refractivity contribution in [3.8, 4) is 0 Å². The molecule has 0 aliphatic rings. The lowest BCUT2D eigenvalue weighted by Gasteiger charge is -2.18. The number of carboxylic acids is 1. The number of amides is 1. The van der Waals surface area contributed by atoms with Crippen LogP contribution in [0.1, 0.15) is 232 Å². The van der Waals surface area contributed by atoms with Crippen LogP contribution < -0.4 is 5.32 Å². The van der Waals surface area contributed by atoms with Gasteiger partial charge in [-0.25, -0.2) is 9.36 Å². The third-order valence-corrected chi connectivity index (χ3v) is 12.2. The molecule has 0 saturated carbocycles. The van der Waals surface area contributed by atoms with Gasteiger partial charge in [0.05, 0.1) is 13.2 Å². The van der Waals surface area contributed by atoms with Gasteiger partial charge in [0, 0.05) is 12.8 Å². The van der Waals surface area contributed by atoms with Crippen LogP contribution in [0.15, 0.2) is 60.8 Å². The molecular weight excluding hydrogens is 854 g/mol. The van der Waals surface area contributed by atoms with Crippen LogP contribution in [0.3, 0.4) is 0 Å². The van der Waals surface area contributed by atoms with E-state index in [2.05, 4.69) is 79.9 Å². The Labute approximate surface area is 402 Å². The number of carbonyl (C=O) groups is 3. The van der Waals surface area contributed by atoms with Gasteiger partial charge in [-0.3, -0.25) is 18.6 Å². The van der Waals surface area contributed by atoms with E-state index in [-0.39, 0.29) is 12.8 Å². The molecule has 0 radical (unpaired) electrons. The lowest BCUT2D eigenvalue weighted by Crippen LogP contribution is -2.43. The highest BCUT2D eigenvalue weighted by Crippen LogP contribution is 2.43. The number of carboxylic acid groups (broad SMARTS) is 1. The summed E-state index contributed by atoms with van der Waals surface area (Å²) in [7, 11) is -4.77. The molecule has 0 rings (SSSR count). The second kappa shape index (κ2) is 48.6. The van der Waals surface area contributed by atoms with Crippen LogP contribution >= 0.6 is 7.82 Å². The molecule has 0 aliphatic heterocycles. The average Bonchev–Trinajstić information content (AvgIpc) is 3.29. The minimum Gasteiger partial charge on any atom is -0.480 e. The van der Waals surface area contributed by atoms with Crippen LogP contribution in [0.4, 0.5) is 0 Å². The molecule has 0 bridgehead atoms. The number of ether oxygens (including phenoxy) is 1. The van der Waals surface area contributed by atoms with Crippen molar-refractivity contribution >= 4 is 25.7 Å². The number of esters is 1. The maximum Gasteiger partial charge on any atom is 0.472 e. The summed E-state index contributed by atoms with van der Waals surface area (Å²) >= 11 is 0. The summed E-state index contributed by atoms with van der Waals surface area (Å²) in [5, 5.41) is 21.9. The molecule has 12 heteroatoms.